The zero-order valence-electron chi connectivity index (χ0n) is 10.9. The molecule has 0 fully saturated rings. The summed E-state index contributed by atoms with van der Waals surface area (Å²) in [5, 5.41) is 11.2. The summed E-state index contributed by atoms with van der Waals surface area (Å²) in [6, 6.07) is 11.9. The van der Waals surface area contributed by atoms with Crippen LogP contribution in [-0.2, 0) is 4.79 Å². The summed E-state index contributed by atoms with van der Waals surface area (Å²) < 4.78 is 12.8. The van der Waals surface area contributed by atoms with Crippen LogP contribution in [0.4, 0.5) is 10.1 Å². The number of carboxylic acid groups (broad SMARTS) is 1. The van der Waals surface area contributed by atoms with Gasteiger partial charge in [0.15, 0.2) is 0 Å². The standard InChI is InChI=1S/C16H12FNO3/c17-13-7-5-12(6-8-13)16(21)18-14-3-1-2-11(10-14)4-9-15(19)20/h1-10H,(H,18,21)(H,19,20). The van der Waals surface area contributed by atoms with E-state index in [0.29, 0.717) is 16.8 Å². The topological polar surface area (TPSA) is 66.4 Å². The summed E-state index contributed by atoms with van der Waals surface area (Å²) >= 11 is 0. The van der Waals surface area contributed by atoms with Gasteiger partial charge in [0, 0.05) is 17.3 Å². The molecule has 1 amide bonds. The van der Waals surface area contributed by atoms with Crippen molar-refractivity contribution in [2.45, 2.75) is 0 Å². The summed E-state index contributed by atoms with van der Waals surface area (Å²) in [5.41, 5.74) is 1.51. The van der Waals surface area contributed by atoms with Gasteiger partial charge in [-0.3, -0.25) is 4.79 Å². The van der Waals surface area contributed by atoms with E-state index < -0.39 is 11.8 Å². The molecule has 21 heavy (non-hydrogen) atoms. The molecule has 0 saturated heterocycles. The minimum absolute atomic E-state index is 0.336. The molecule has 2 rings (SSSR count). The molecule has 2 aromatic carbocycles. The highest BCUT2D eigenvalue weighted by Gasteiger charge is 2.06. The largest absolute Gasteiger partial charge is 0.478 e. The predicted molar refractivity (Wildman–Crippen MR) is 77.5 cm³/mol. The number of benzene rings is 2. The highest BCUT2D eigenvalue weighted by Crippen LogP contribution is 2.14. The van der Waals surface area contributed by atoms with Gasteiger partial charge in [-0.25, -0.2) is 9.18 Å². The number of hydrogen-bond acceptors (Lipinski definition) is 2. The fourth-order valence-corrected chi connectivity index (χ4v) is 1.69. The second kappa shape index (κ2) is 6.47. The Morgan fingerprint density at radius 2 is 1.81 bits per heavy atom. The molecule has 0 aliphatic rings. The van der Waals surface area contributed by atoms with Gasteiger partial charge in [-0.15, -0.1) is 0 Å². The van der Waals surface area contributed by atoms with Gasteiger partial charge in [0.05, 0.1) is 0 Å². The number of amides is 1. The second-order valence-electron chi connectivity index (χ2n) is 4.26. The van der Waals surface area contributed by atoms with Gasteiger partial charge in [0.1, 0.15) is 5.82 Å². The van der Waals surface area contributed by atoms with Gasteiger partial charge >= 0.3 is 5.97 Å². The van der Waals surface area contributed by atoms with Crippen LogP contribution in [0.3, 0.4) is 0 Å². The SMILES string of the molecule is O=C(O)C=Cc1cccc(NC(=O)c2ccc(F)cc2)c1. The van der Waals surface area contributed by atoms with Gasteiger partial charge < -0.3 is 10.4 Å². The number of anilines is 1. The Morgan fingerprint density at radius 1 is 1.10 bits per heavy atom. The first kappa shape index (κ1) is 14.5. The lowest BCUT2D eigenvalue weighted by atomic mass is 10.1. The number of carboxylic acids is 1. The molecule has 0 spiro atoms. The van der Waals surface area contributed by atoms with Crippen molar-refractivity contribution in [1.82, 2.24) is 0 Å². The lowest BCUT2D eigenvalue weighted by molar-refractivity contribution is -0.131. The van der Waals surface area contributed by atoms with Crippen LogP contribution >= 0.6 is 0 Å². The molecule has 0 aliphatic carbocycles. The van der Waals surface area contributed by atoms with Crippen LogP contribution in [0.1, 0.15) is 15.9 Å². The molecular formula is C16H12FNO3. The number of halogens is 1. The van der Waals surface area contributed by atoms with Gasteiger partial charge in [-0.2, -0.15) is 0 Å². The first-order valence-corrected chi connectivity index (χ1v) is 6.12. The third-order valence-corrected chi connectivity index (χ3v) is 2.67. The first-order valence-electron chi connectivity index (χ1n) is 6.12. The van der Waals surface area contributed by atoms with Gasteiger partial charge in [0.2, 0.25) is 0 Å². The summed E-state index contributed by atoms with van der Waals surface area (Å²) in [6.07, 6.45) is 2.44. The fourth-order valence-electron chi connectivity index (χ4n) is 1.69. The van der Waals surface area contributed by atoms with E-state index in [9.17, 15) is 14.0 Å². The normalized spacial score (nSPS) is 10.5. The molecular weight excluding hydrogens is 273 g/mol. The molecule has 5 heteroatoms. The van der Waals surface area contributed by atoms with E-state index in [4.69, 9.17) is 5.11 Å². The third-order valence-electron chi connectivity index (χ3n) is 2.67. The number of rotatable bonds is 4. The summed E-state index contributed by atoms with van der Waals surface area (Å²) in [7, 11) is 0. The van der Waals surface area contributed by atoms with Crippen molar-refractivity contribution in [1.29, 1.82) is 0 Å². The molecule has 0 aliphatic heterocycles. The predicted octanol–water partition coefficient (Wildman–Crippen LogP) is 3.18. The molecule has 2 N–H and O–H groups in total. The lowest BCUT2D eigenvalue weighted by Crippen LogP contribution is -2.11. The molecule has 0 saturated carbocycles. The molecule has 0 aromatic heterocycles. The van der Waals surface area contributed by atoms with E-state index in [1.807, 2.05) is 0 Å². The van der Waals surface area contributed by atoms with Crippen LogP contribution in [-0.4, -0.2) is 17.0 Å². The Balaban J connectivity index is 2.12. The van der Waals surface area contributed by atoms with E-state index in [0.717, 1.165) is 6.08 Å². The van der Waals surface area contributed by atoms with Crippen LogP contribution in [0.2, 0.25) is 0 Å². The number of hydrogen-bond donors (Lipinski definition) is 2. The van der Waals surface area contributed by atoms with Crippen LogP contribution in [0.5, 0.6) is 0 Å². The summed E-state index contributed by atoms with van der Waals surface area (Å²) in [6.45, 7) is 0. The minimum Gasteiger partial charge on any atom is -0.478 e. The van der Waals surface area contributed by atoms with Crippen molar-refractivity contribution in [2.75, 3.05) is 5.32 Å². The van der Waals surface area contributed by atoms with Crippen molar-refractivity contribution in [3.8, 4) is 0 Å². The summed E-state index contributed by atoms with van der Waals surface area (Å²) in [5.74, 6) is -1.82. The Morgan fingerprint density at radius 3 is 2.48 bits per heavy atom. The zero-order chi connectivity index (χ0) is 15.2. The Bertz CT molecular complexity index is 693. The van der Waals surface area contributed by atoms with Crippen molar-refractivity contribution in [2.24, 2.45) is 0 Å². The van der Waals surface area contributed by atoms with Crippen LogP contribution < -0.4 is 5.32 Å². The smallest absolute Gasteiger partial charge is 0.328 e. The average Bonchev–Trinajstić information content (AvgIpc) is 2.46. The zero-order valence-corrected chi connectivity index (χ0v) is 10.9. The highest BCUT2D eigenvalue weighted by atomic mass is 19.1. The number of carbonyl (C=O) groups is 2. The quantitative estimate of drug-likeness (QED) is 0.848. The number of carbonyl (C=O) groups excluding carboxylic acids is 1. The van der Waals surface area contributed by atoms with Crippen LogP contribution in [0.25, 0.3) is 6.08 Å². The maximum atomic E-state index is 12.8. The molecule has 0 radical (unpaired) electrons. The van der Waals surface area contributed by atoms with Crippen LogP contribution in [0.15, 0.2) is 54.6 Å². The third kappa shape index (κ3) is 4.28. The monoisotopic (exact) mass is 285 g/mol. The second-order valence-corrected chi connectivity index (χ2v) is 4.26. The van der Waals surface area contributed by atoms with Gasteiger partial charge in [0.25, 0.3) is 5.91 Å². The molecule has 0 heterocycles. The van der Waals surface area contributed by atoms with Gasteiger partial charge in [-0.05, 0) is 48.0 Å². The average molecular weight is 285 g/mol. The summed E-state index contributed by atoms with van der Waals surface area (Å²) in [4.78, 5) is 22.4. The number of nitrogens with one attached hydrogen (secondary N) is 1. The first-order chi connectivity index (χ1) is 10.0. The van der Waals surface area contributed by atoms with Gasteiger partial charge in [-0.1, -0.05) is 12.1 Å². The molecule has 0 atom stereocenters. The maximum Gasteiger partial charge on any atom is 0.328 e. The lowest BCUT2D eigenvalue weighted by Gasteiger charge is -2.06. The van der Waals surface area contributed by atoms with E-state index in [1.165, 1.54) is 30.3 Å². The van der Waals surface area contributed by atoms with E-state index in [1.54, 1.807) is 24.3 Å². The van der Waals surface area contributed by atoms with E-state index in [-0.39, 0.29) is 5.91 Å². The van der Waals surface area contributed by atoms with E-state index >= 15 is 0 Å². The Kier molecular flexibility index (Phi) is 4.46. The minimum atomic E-state index is -1.05. The maximum absolute atomic E-state index is 12.8. The van der Waals surface area contributed by atoms with Crippen LogP contribution in [0, 0.1) is 5.82 Å². The Hall–Kier alpha value is -2.95. The molecule has 0 bridgehead atoms. The van der Waals surface area contributed by atoms with Crippen molar-refractivity contribution in [3.05, 3.63) is 71.6 Å². The molecule has 2 aromatic rings. The highest BCUT2D eigenvalue weighted by molar-refractivity contribution is 6.04. The molecule has 0 unspecified atom stereocenters. The molecule has 106 valence electrons. The van der Waals surface area contributed by atoms with Crippen molar-refractivity contribution in [3.63, 3.8) is 0 Å². The van der Waals surface area contributed by atoms with Crippen molar-refractivity contribution >= 4 is 23.6 Å². The Labute approximate surface area is 120 Å². The van der Waals surface area contributed by atoms with Crippen molar-refractivity contribution < 1.29 is 19.1 Å². The van der Waals surface area contributed by atoms with E-state index in [2.05, 4.69) is 5.32 Å². The number of aliphatic carboxylic acids is 1. The molecule has 4 nitrogen and oxygen atoms in total. The fraction of sp³-hybridized carbons (Fsp3) is 0.